The lowest BCUT2D eigenvalue weighted by Crippen LogP contribution is -2.23. The van der Waals surface area contributed by atoms with Gasteiger partial charge < -0.3 is 14.6 Å². The number of carboxylic acid groups (broad SMARTS) is 1. The van der Waals surface area contributed by atoms with Crippen molar-refractivity contribution >= 4 is 5.97 Å². The molecule has 0 atom stereocenters. The van der Waals surface area contributed by atoms with E-state index in [1.54, 1.807) is 12.1 Å². The molecule has 0 saturated heterocycles. The summed E-state index contributed by atoms with van der Waals surface area (Å²) in [5, 5.41) is 13.6. The molecule has 6 nitrogen and oxygen atoms in total. The number of carboxylic acids is 1. The lowest BCUT2D eigenvalue weighted by atomic mass is 9.82. The smallest absolute Gasteiger partial charge is 0.329 e. The molecule has 1 N–H and O–H groups in total. The van der Waals surface area contributed by atoms with Gasteiger partial charge in [-0.05, 0) is 62.1 Å². The molecule has 34 heavy (non-hydrogen) atoms. The van der Waals surface area contributed by atoms with Crippen LogP contribution in [0.1, 0.15) is 31.4 Å². The van der Waals surface area contributed by atoms with Gasteiger partial charge in [-0.15, -0.1) is 0 Å². The van der Waals surface area contributed by atoms with E-state index in [2.05, 4.69) is 0 Å². The minimum Gasteiger partial charge on any atom is -0.497 e. The molecule has 0 amide bonds. The molecule has 1 saturated carbocycles. The number of methoxy groups -OCH3 is 1. The van der Waals surface area contributed by atoms with Crippen LogP contribution in [0, 0.1) is 24.6 Å². The fourth-order valence-electron chi connectivity index (χ4n) is 4.82. The molecule has 0 unspecified atom stereocenters. The first-order valence-electron chi connectivity index (χ1n) is 11.7. The summed E-state index contributed by atoms with van der Waals surface area (Å²) < 4.78 is 27.5. The van der Waals surface area contributed by atoms with E-state index in [9.17, 15) is 4.79 Å². The molecule has 1 aliphatic carbocycles. The molecule has 7 heteroatoms. The number of rotatable bonds is 9. The molecule has 0 bridgehead atoms. The predicted octanol–water partition coefficient (Wildman–Crippen LogP) is 5.58. The van der Waals surface area contributed by atoms with Gasteiger partial charge >= 0.3 is 5.97 Å². The maximum Gasteiger partial charge on any atom is 0.329 e. The molecule has 1 aliphatic rings. The van der Waals surface area contributed by atoms with Crippen LogP contribution in [0.25, 0.3) is 22.4 Å². The van der Waals surface area contributed by atoms with E-state index in [1.807, 2.05) is 41.9 Å². The number of halogens is 1. The van der Waals surface area contributed by atoms with Gasteiger partial charge in [0.05, 0.1) is 13.7 Å². The molecular formula is C27H31FN2O4. The molecule has 0 radical (unpaired) electrons. The average molecular weight is 467 g/mol. The van der Waals surface area contributed by atoms with Crippen molar-refractivity contribution in [2.45, 2.75) is 39.2 Å². The summed E-state index contributed by atoms with van der Waals surface area (Å²) in [6.07, 6.45) is 4.09. The monoisotopic (exact) mass is 466 g/mol. The van der Waals surface area contributed by atoms with Crippen LogP contribution >= 0.6 is 0 Å². The molecule has 1 fully saturated rings. The second kappa shape index (κ2) is 10.8. The Labute approximate surface area is 199 Å². The summed E-state index contributed by atoms with van der Waals surface area (Å²) in [7, 11) is 1.52. The third kappa shape index (κ3) is 5.47. The molecule has 4 rings (SSSR count). The lowest BCUT2D eigenvalue weighted by molar-refractivity contribution is -0.142. The zero-order chi connectivity index (χ0) is 24.1. The van der Waals surface area contributed by atoms with Crippen LogP contribution in [0.4, 0.5) is 4.39 Å². The fraction of sp³-hybridized carbons (Fsp3) is 0.407. The summed E-state index contributed by atoms with van der Waals surface area (Å²) >= 11 is 0. The summed E-state index contributed by atoms with van der Waals surface area (Å²) in [4.78, 5) is 10.7. The van der Waals surface area contributed by atoms with Gasteiger partial charge in [-0.3, -0.25) is 4.68 Å². The van der Waals surface area contributed by atoms with Crippen molar-refractivity contribution in [2.75, 3.05) is 20.3 Å². The second-order valence-corrected chi connectivity index (χ2v) is 9.00. The standard InChI is InChI=1S/C27H31FN2O4/c1-18-26(21-6-4-3-5-7-21)27(23-13-12-22(33-2)14-24(23)28)29-30(18)15-19-8-10-20(11-9-19)16-34-17-25(31)32/h3-7,12-14,19-20H,8-11,15-17H2,1-2H3,(H,31,32)/t19-,20-. The van der Waals surface area contributed by atoms with Gasteiger partial charge in [0.15, 0.2) is 0 Å². The van der Waals surface area contributed by atoms with E-state index in [1.165, 1.54) is 13.2 Å². The summed E-state index contributed by atoms with van der Waals surface area (Å²) in [6, 6.07) is 14.9. The molecule has 0 aliphatic heterocycles. The minimum absolute atomic E-state index is 0.237. The van der Waals surface area contributed by atoms with Crippen molar-refractivity contribution in [1.82, 2.24) is 9.78 Å². The number of hydrogen-bond donors (Lipinski definition) is 1. The van der Waals surface area contributed by atoms with Gasteiger partial charge in [0.25, 0.3) is 0 Å². The molecule has 2 aromatic carbocycles. The summed E-state index contributed by atoms with van der Waals surface area (Å²) in [6.45, 7) is 3.08. The number of ether oxygens (including phenoxy) is 2. The Morgan fingerprint density at radius 2 is 1.82 bits per heavy atom. The maximum atomic E-state index is 15.0. The van der Waals surface area contributed by atoms with Gasteiger partial charge in [-0.2, -0.15) is 5.10 Å². The zero-order valence-corrected chi connectivity index (χ0v) is 19.7. The molecule has 1 aromatic heterocycles. The van der Waals surface area contributed by atoms with Gasteiger partial charge in [0, 0.05) is 29.4 Å². The zero-order valence-electron chi connectivity index (χ0n) is 19.7. The van der Waals surface area contributed by atoms with E-state index in [4.69, 9.17) is 19.7 Å². The minimum atomic E-state index is -0.929. The third-order valence-electron chi connectivity index (χ3n) is 6.68. The highest BCUT2D eigenvalue weighted by atomic mass is 19.1. The summed E-state index contributed by atoms with van der Waals surface area (Å²) in [5.74, 6) is 0.0524. The average Bonchev–Trinajstić information content (AvgIpc) is 3.15. The molecular weight excluding hydrogens is 435 g/mol. The molecule has 1 heterocycles. The van der Waals surface area contributed by atoms with Crippen LogP contribution in [0.15, 0.2) is 48.5 Å². The van der Waals surface area contributed by atoms with Gasteiger partial charge in [-0.25, -0.2) is 9.18 Å². The Bertz CT molecular complexity index is 1120. The number of aromatic nitrogens is 2. The Hall–Kier alpha value is -3.19. The van der Waals surface area contributed by atoms with Gasteiger partial charge in [0.1, 0.15) is 23.9 Å². The van der Waals surface area contributed by atoms with E-state index in [0.29, 0.717) is 35.4 Å². The van der Waals surface area contributed by atoms with Crippen molar-refractivity contribution in [1.29, 1.82) is 0 Å². The second-order valence-electron chi connectivity index (χ2n) is 9.00. The van der Waals surface area contributed by atoms with Crippen LogP contribution in [-0.2, 0) is 16.1 Å². The lowest BCUT2D eigenvalue weighted by Gasteiger charge is -2.28. The highest BCUT2D eigenvalue weighted by molar-refractivity contribution is 5.83. The highest BCUT2D eigenvalue weighted by Gasteiger charge is 2.25. The predicted molar refractivity (Wildman–Crippen MR) is 128 cm³/mol. The van der Waals surface area contributed by atoms with Crippen LogP contribution in [0.2, 0.25) is 0 Å². The maximum absolute atomic E-state index is 15.0. The van der Waals surface area contributed by atoms with E-state index in [-0.39, 0.29) is 12.4 Å². The third-order valence-corrected chi connectivity index (χ3v) is 6.68. The first kappa shape index (κ1) is 24.0. The van der Waals surface area contributed by atoms with Crippen molar-refractivity contribution in [2.24, 2.45) is 11.8 Å². The van der Waals surface area contributed by atoms with E-state index < -0.39 is 5.97 Å². The Kier molecular flexibility index (Phi) is 7.63. The Balaban J connectivity index is 1.56. The largest absolute Gasteiger partial charge is 0.497 e. The molecule has 0 spiro atoms. The summed E-state index contributed by atoms with van der Waals surface area (Å²) in [5.41, 5.74) is 4.07. The quantitative estimate of drug-likeness (QED) is 0.446. The Morgan fingerprint density at radius 1 is 1.12 bits per heavy atom. The van der Waals surface area contributed by atoms with Crippen molar-refractivity contribution in [3.63, 3.8) is 0 Å². The topological polar surface area (TPSA) is 73.6 Å². The number of nitrogens with zero attached hydrogens (tertiary/aromatic N) is 2. The number of carbonyl (C=O) groups is 1. The highest BCUT2D eigenvalue weighted by Crippen LogP contribution is 2.38. The van der Waals surface area contributed by atoms with Crippen molar-refractivity contribution in [3.05, 3.63) is 60.0 Å². The van der Waals surface area contributed by atoms with Crippen molar-refractivity contribution < 1.29 is 23.8 Å². The van der Waals surface area contributed by atoms with Crippen LogP contribution in [-0.4, -0.2) is 41.2 Å². The molecule has 180 valence electrons. The van der Waals surface area contributed by atoms with Crippen LogP contribution in [0.5, 0.6) is 5.75 Å². The van der Waals surface area contributed by atoms with Crippen LogP contribution < -0.4 is 4.74 Å². The van der Waals surface area contributed by atoms with Crippen molar-refractivity contribution in [3.8, 4) is 28.1 Å². The SMILES string of the molecule is COc1ccc(-c2nn(C[C@H]3CC[C@H](COCC(=O)O)CC3)c(C)c2-c2ccccc2)c(F)c1. The van der Waals surface area contributed by atoms with E-state index in [0.717, 1.165) is 49.0 Å². The number of aliphatic carboxylic acids is 1. The number of hydrogen-bond acceptors (Lipinski definition) is 4. The van der Waals surface area contributed by atoms with Gasteiger partial charge in [-0.1, -0.05) is 30.3 Å². The van der Waals surface area contributed by atoms with E-state index >= 15 is 4.39 Å². The fourth-order valence-corrected chi connectivity index (χ4v) is 4.82. The van der Waals surface area contributed by atoms with Crippen LogP contribution in [0.3, 0.4) is 0 Å². The normalized spacial score (nSPS) is 18.1. The van der Waals surface area contributed by atoms with Gasteiger partial charge in [0.2, 0.25) is 0 Å². The number of benzene rings is 2. The Morgan fingerprint density at radius 3 is 2.47 bits per heavy atom. The molecule has 3 aromatic rings. The first-order chi connectivity index (χ1) is 16.5. The first-order valence-corrected chi connectivity index (χ1v) is 11.7.